The number of carbonyl (C=O) groups excluding carboxylic acids is 1. The highest BCUT2D eigenvalue weighted by atomic mass is 16.3. The third-order valence-corrected chi connectivity index (χ3v) is 7.58. The molecule has 0 aromatic heterocycles. The molecule has 23 heavy (non-hydrogen) atoms. The van der Waals surface area contributed by atoms with E-state index in [2.05, 4.69) is 34.3 Å². The molecule has 0 unspecified atom stereocenters. The van der Waals surface area contributed by atoms with Crippen LogP contribution in [0.3, 0.4) is 0 Å². The second-order valence-corrected chi connectivity index (χ2v) is 8.77. The van der Waals surface area contributed by atoms with Crippen molar-refractivity contribution in [3.8, 4) is 0 Å². The molecule has 0 bridgehead atoms. The van der Waals surface area contributed by atoms with E-state index in [4.69, 9.17) is 0 Å². The van der Waals surface area contributed by atoms with Gasteiger partial charge in [-0.2, -0.15) is 0 Å². The molecule has 2 fully saturated rings. The monoisotopic (exact) mass is 318 g/mol. The lowest BCUT2D eigenvalue weighted by Crippen LogP contribution is -2.64. The van der Waals surface area contributed by atoms with Crippen LogP contribution in [0.5, 0.6) is 0 Å². The zero-order valence-electron chi connectivity index (χ0n) is 14.7. The summed E-state index contributed by atoms with van der Waals surface area (Å²) in [5.41, 5.74) is 0.299. The Morgan fingerprint density at radius 2 is 1.87 bits per heavy atom. The summed E-state index contributed by atoms with van der Waals surface area (Å²) < 4.78 is 0. The third-order valence-electron chi connectivity index (χ3n) is 7.58. The van der Waals surface area contributed by atoms with Gasteiger partial charge in [0.1, 0.15) is 0 Å². The van der Waals surface area contributed by atoms with Gasteiger partial charge in [-0.15, -0.1) is 0 Å². The summed E-state index contributed by atoms with van der Waals surface area (Å²) in [5, 5.41) is 21.4. The lowest BCUT2D eigenvalue weighted by atomic mass is 9.42. The van der Waals surface area contributed by atoms with E-state index in [0.717, 1.165) is 18.4 Å². The molecule has 0 spiro atoms. The minimum Gasteiger partial charge on any atom is -0.392 e. The van der Waals surface area contributed by atoms with Gasteiger partial charge in [-0.1, -0.05) is 40.3 Å². The van der Waals surface area contributed by atoms with Crippen molar-refractivity contribution in [1.29, 1.82) is 0 Å². The number of ketones is 1. The van der Waals surface area contributed by atoms with Crippen LogP contribution in [-0.4, -0.2) is 28.2 Å². The average molecular weight is 318 g/mol. The Hall–Kier alpha value is -0.930. The summed E-state index contributed by atoms with van der Waals surface area (Å²) in [6.45, 7) is 12.3. The van der Waals surface area contributed by atoms with Crippen molar-refractivity contribution in [3.63, 3.8) is 0 Å². The summed E-state index contributed by atoms with van der Waals surface area (Å²) in [5.74, 6) is 0.713. The number of aliphatic hydroxyl groups excluding tert-OH is 2. The van der Waals surface area contributed by atoms with Crippen LogP contribution in [0.15, 0.2) is 24.3 Å². The highest BCUT2D eigenvalue weighted by molar-refractivity contribution is 5.95. The van der Waals surface area contributed by atoms with Crippen molar-refractivity contribution in [2.75, 3.05) is 0 Å². The predicted octanol–water partition coefficient (Wildman–Crippen LogP) is 3.12. The number of hydrogen-bond acceptors (Lipinski definition) is 3. The standard InChI is InChI=1S/C20H30O3/c1-6-12-9-14(21)18-13(11(12)2)7-8-15-19(3,4)16(22)10-17(23)20(15,18)5/h6,9,11,13,15-18,22-23H,1,7-8,10H2,2-5H3/t11-,13-,15-,16-,17+,18+,20+/m0/s1. The molecule has 3 aliphatic rings. The third kappa shape index (κ3) is 2.12. The van der Waals surface area contributed by atoms with E-state index in [1.165, 1.54) is 0 Å². The second-order valence-electron chi connectivity index (χ2n) is 8.77. The summed E-state index contributed by atoms with van der Waals surface area (Å²) in [6, 6.07) is 0. The minimum atomic E-state index is -0.627. The van der Waals surface area contributed by atoms with Gasteiger partial charge in [-0.3, -0.25) is 4.79 Å². The molecule has 3 aliphatic carbocycles. The van der Waals surface area contributed by atoms with Crippen molar-refractivity contribution in [3.05, 3.63) is 24.3 Å². The Bertz CT molecular complexity index is 561. The first-order chi connectivity index (χ1) is 10.7. The topological polar surface area (TPSA) is 57.5 Å². The molecular formula is C20H30O3. The molecule has 0 amide bonds. The first-order valence-corrected chi connectivity index (χ1v) is 8.89. The molecule has 0 aliphatic heterocycles. The van der Waals surface area contributed by atoms with Crippen LogP contribution in [0.1, 0.15) is 47.0 Å². The van der Waals surface area contributed by atoms with Gasteiger partial charge in [0.25, 0.3) is 0 Å². The number of allylic oxidation sites excluding steroid dienone is 3. The number of hydrogen-bond donors (Lipinski definition) is 2. The van der Waals surface area contributed by atoms with Gasteiger partial charge < -0.3 is 10.2 Å². The molecule has 0 heterocycles. The molecule has 0 aromatic rings. The van der Waals surface area contributed by atoms with Crippen molar-refractivity contribution in [2.24, 2.45) is 34.5 Å². The van der Waals surface area contributed by atoms with E-state index in [1.54, 1.807) is 12.2 Å². The molecule has 3 heteroatoms. The van der Waals surface area contributed by atoms with Gasteiger partial charge in [0.05, 0.1) is 12.2 Å². The largest absolute Gasteiger partial charge is 0.392 e. The van der Waals surface area contributed by atoms with Crippen molar-refractivity contribution in [2.45, 2.75) is 59.2 Å². The maximum absolute atomic E-state index is 12.9. The van der Waals surface area contributed by atoms with Crippen LogP contribution < -0.4 is 0 Å². The van der Waals surface area contributed by atoms with Gasteiger partial charge in [0.2, 0.25) is 0 Å². The highest BCUT2D eigenvalue weighted by Crippen LogP contribution is 2.63. The maximum Gasteiger partial charge on any atom is 0.159 e. The number of aliphatic hydroxyl groups is 2. The van der Waals surface area contributed by atoms with Crippen LogP contribution in [0.2, 0.25) is 0 Å². The summed E-state index contributed by atoms with van der Waals surface area (Å²) in [6.07, 6.45) is 4.71. The van der Waals surface area contributed by atoms with Gasteiger partial charge in [-0.25, -0.2) is 0 Å². The Morgan fingerprint density at radius 1 is 1.22 bits per heavy atom. The molecule has 128 valence electrons. The first-order valence-electron chi connectivity index (χ1n) is 8.89. The Labute approximate surface area is 139 Å². The van der Waals surface area contributed by atoms with Gasteiger partial charge in [0.15, 0.2) is 5.78 Å². The molecule has 2 N–H and O–H groups in total. The SMILES string of the molecule is C=CC1=CC(=O)[C@H]2[C@@H](CC[C@H]3C(C)(C)[C@@H](O)C[C@@H](O)[C@]23C)[C@H]1C. The summed E-state index contributed by atoms with van der Waals surface area (Å²) in [4.78, 5) is 12.9. The first kappa shape index (κ1) is 16.9. The lowest BCUT2D eigenvalue weighted by molar-refractivity contribution is -0.209. The Balaban J connectivity index is 2.09. The zero-order chi connectivity index (χ0) is 17.2. The number of carbonyl (C=O) groups is 1. The van der Waals surface area contributed by atoms with Gasteiger partial charge >= 0.3 is 0 Å². The molecule has 0 radical (unpaired) electrons. The van der Waals surface area contributed by atoms with Crippen molar-refractivity contribution >= 4 is 5.78 Å². The Kier molecular flexibility index (Phi) is 3.89. The molecule has 0 saturated heterocycles. The smallest absolute Gasteiger partial charge is 0.159 e. The van der Waals surface area contributed by atoms with E-state index in [1.807, 2.05) is 0 Å². The Morgan fingerprint density at radius 3 is 2.48 bits per heavy atom. The van der Waals surface area contributed by atoms with Crippen LogP contribution in [0.25, 0.3) is 0 Å². The molecule has 3 nitrogen and oxygen atoms in total. The fraction of sp³-hybridized carbons (Fsp3) is 0.750. The quantitative estimate of drug-likeness (QED) is 0.781. The van der Waals surface area contributed by atoms with Crippen LogP contribution in [-0.2, 0) is 4.79 Å². The molecule has 7 atom stereocenters. The molecule has 3 rings (SSSR count). The maximum atomic E-state index is 12.9. The predicted molar refractivity (Wildman–Crippen MR) is 90.7 cm³/mol. The summed E-state index contributed by atoms with van der Waals surface area (Å²) in [7, 11) is 0. The van der Waals surface area contributed by atoms with Crippen LogP contribution >= 0.6 is 0 Å². The van der Waals surface area contributed by atoms with E-state index < -0.39 is 17.6 Å². The van der Waals surface area contributed by atoms with Crippen molar-refractivity contribution in [1.82, 2.24) is 0 Å². The molecule has 2 saturated carbocycles. The zero-order valence-corrected chi connectivity index (χ0v) is 14.7. The van der Waals surface area contributed by atoms with E-state index in [-0.39, 0.29) is 29.0 Å². The van der Waals surface area contributed by atoms with Crippen LogP contribution in [0.4, 0.5) is 0 Å². The second kappa shape index (κ2) is 5.29. The molecular weight excluding hydrogens is 288 g/mol. The van der Waals surface area contributed by atoms with Crippen LogP contribution in [0, 0.1) is 34.5 Å². The van der Waals surface area contributed by atoms with E-state index in [0.29, 0.717) is 12.3 Å². The minimum absolute atomic E-state index is 0.140. The average Bonchev–Trinajstić information content (AvgIpc) is 2.48. The fourth-order valence-electron chi connectivity index (χ4n) is 6.06. The fourth-order valence-corrected chi connectivity index (χ4v) is 6.06. The van der Waals surface area contributed by atoms with Gasteiger partial charge in [-0.05, 0) is 47.7 Å². The van der Waals surface area contributed by atoms with Crippen molar-refractivity contribution < 1.29 is 15.0 Å². The van der Waals surface area contributed by atoms with E-state index in [9.17, 15) is 15.0 Å². The number of rotatable bonds is 1. The lowest BCUT2D eigenvalue weighted by Gasteiger charge is -2.63. The van der Waals surface area contributed by atoms with Gasteiger partial charge in [0, 0.05) is 17.8 Å². The highest BCUT2D eigenvalue weighted by Gasteiger charge is 2.63. The summed E-state index contributed by atoms with van der Waals surface area (Å²) >= 11 is 0. The number of fused-ring (bicyclic) bond motifs is 3. The van der Waals surface area contributed by atoms with E-state index >= 15 is 0 Å². The molecule has 0 aromatic carbocycles. The normalized spacial score (nSPS) is 49.0.